The van der Waals surface area contributed by atoms with Crippen molar-refractivity contribution in [1.82, 2.24) is 9.97 Å². The molecule has 0 spiro atoms. The zero-order valence-electron chi connectivity index (χ0n) is 15.8. The molecule has 0 bridgehead atoms. The van der Waals surface area contributed by atoms with Gasteiger partial charge in [0, 0.05) is 24.8 Å². The number of fused-ring (bicyclic) bond motifs is 1. The number of urea groups is 1. The van der Waals surface area contributed by atoms with Gasteiger partial charge in [-0.3, -0.25) is 10.2 Å². The smallest absolute Gasteiger partial charge is 0.328 e. The largest absolute Gasteiger partial charge is 0.382 e. The van der Waals surface area contributed by atoms with Crippen LogP contribution in [-0.2, 0) is 0 Å². The van der Waals surface area contributed by atoms with Gasteiger partial charge in [0.1, 0.15) is 5.82 Å². The fourth-order valence-corrected chi connectivity index (χ4v) is 3.28. The number of hydrogen-bond acceptors (Lipinski definition) is 5. The van der Waals surface area contributed by atoms with Crippen molar-refractivity contribution < 1.29 is 4.79 Å². The summed E-state index contributed by atoms with van der Waals surface area (Å²) in [5.41, 5.74) is 2.73. The van der Waals surface area contributed by atoms with Gasteiger partial charge >= 0.3 is 6.03 Å². The lowest BCUT2D eigenvalue weighted by molar-refractivity contribution is 0.256. The molecule has 144 valence electrons. The van der Waals surface area contributed by atoms with Crippen molar-refractivity contribution >= 4 is 23.4 Å². The SMILES string of the molecule is N#Cc1ccccc1-c1ccc2c(n1)N(C(=O)Nc1ccccn1)CCCCN2. The van der Waals surface area contributed by atoms with E-state index in [2.05, 4.69) is 21.7 Å². The molecule has 2 amide bonds. The number of carbonyl (C=O) groups excluding carboxylic acids is 1. The summed E-state index contributed by atoms with van der Waals surface area (Å²) in [5, 5.41) is 15.6. The molecular weight excluding hydrogens is 364 g/mol. The molecule has 1 aliphatic rings. The standard InChI is InChI=1S/C22H20N6O/c23-15-16-7-1-2-8-17(16)18-10-11-19-21(26-18)28(14-6-5-12-24-19)22(29)27-20-9-3-4-13-25-20/h1-4,7-11,13,24H,5-6,12,14H2,(H,25,27,29). The molecule has 2 aromatic heterocycles. The lowest BCUT2D eigenvalue weighted by Crippen LogP contribution is -2.38. The molecule has 29 heavy (non-hydrogen) atoms. The minimum absolute atomic E-state index is 0.285. The zero-order chi connectivity index (χ0) is 20.1. The minimum atomic E-state index is -0.285. The number of benzene rings is 1. The third-order valence-corrected chi connectivity index (χ3v) is 4.72. The molecule has 0 unspecified atom stereocenters. The van der Waals surface area contributed by atoms with E-state index in [4.69, 9.17) is 4.98 Å². The number of hydrogen-bond donors (Lipinski definition) is 2. The molecule has 7 heteroatoms. The van der Waals surface area contributed by atoms with E-state index in [-0.39, 0.29) is 6.03 Å². The fourth-order valence-electron chi connectivity index (χ4n) is 3.28. The fraction of sp³-hybridized carbons (Fsp3) is 0.182. The summed E-state index contributed by atoms with van der Waals surface area (Å²) in [4.78, 5) is 23.6. The first-order chi connectivity index (χ1) is 14.3. The Morgan fingerprint density at radius 3 is 2.79 bits per heavy atom. The summed E-state index contributed by atoms with van der Waals surface area (Å²) in [6, 6.07) is 18.4. The molecule has 0 saturated carbocycles. The molecule has 7 nitrogen and oxygen atoms in total. The third-order valence-electron chi connectivity index (χ3n) is 4.72. The van der Waals surface area contributed by atoms with E-state index in [0.717, 1.165) is 30.6 Å². The Labute approximate surface area is 169 Å². The number of nitrogens with zero attached hydrogens (tertiary/aromatic N) is 4. The lowest BCUT2D eigenvalue weighted by atomic mass is 10.0. The topological polar surface area (TPSA) is 93.9 Å². The number of pyridine rings is 2. The van der Waals surface area contributed by atoms with Crippen molar-refractivity contribution in [3.8, 4) is 17.3 Å². The summed E-state index contributed by atoms with van der Waals surface area (Å²) in [6.07, 6.45) is 3.43. The Kier molecular flexibility index (Phi) is 5.34. The predicted molar refractivity (Wildman–Crippen MR) is 113 cm³/mol. The number of rotatable bonds is 2. The van der Waals surface area contributed by atoms with Gasteiger partial charge in [0.05, 0.1) is 23.0 Å². The van der Waals surface area contributed by atoms with Crippen molar-refractivity contribution in [1.29, 1.82) is 5.26 Å². The molecule has 3 heterocycles. The molecule has 4 rings (SSSR count). The first kappa shape index (κ1) is 18.4. The monoisotopic (exact) mass is 384 g/mol. The van der Waals surface area contributed by atoms with Crippen LogP contribution in [0.4, 0.5) is 22.1 Å². The Balaban J connectivity index is 1.73. The summed E-state index contributed by atoms with van der Waals surface area (Å²) in [5.74, 6) is 1.03. The normalized spacial score (nSPS) is 13.3. The Bertz CT molecular complexity index is 1060. The van der Waals surface area contributed by atoms with E-state index in [1.807, 2.05) is 36.4 Å². The molecule has 1 aliphatic heterocycles. The minimum Gasteiger partial charge on any atom is -0.382 e. The van der Waals surface area contributed by atoms with E-state index in [1.165, 1.54) is 0 Å². The van der Waals surface area contributed by atoms with Crippen LogP contribution in [0.5, 0.6) is 0 Å². The second-order valence-electron chi connectivity index (χ2n) is 6.66. The van der Waals surface area contributed by atoms with Gasteiger partial charge in [-0.05, 0) is 43.2 Å². The Morgan fingerprint density at radius 1 is 1.10 bits per heavy atom. The van der Waals surface area contributed by atoms with E-state index < -0.39 is 0 Å². The maximum absolute atomic E-state index is 13.0. The summed E-state index contributed by atoms with van der Waals surface area (Å²) in [6.45, 7) is 1.36. The highest BCUT2D eigenvalue weighted by atomic mass is 16.2. The van der Waals surface area contributed by atoms with Gasteiger partial charge in [-0.1, -0.05) is 24.3 Å². The van der Waals surface area contributed by atoms with E-state index in [1.54, 1.807) is 29.3 Å². The summed E-state index contributed by atoms with van der Waals surface area (Å²) < 4.78 is 0. The highest BCUT2D eigenvalue weighted by Gasteiger charge is 2.23. The first-order valence-electron chi connectivity index (χ1n) is 9.50. The summed E-state index contributed by atoms with van der Waals surface area (Å²) in [7, 11) is 0. The number of nitrogens with one attached hydrogen (secondary N) is 2. The van der Waals surface area contributed by atoms with Crippen LogP contribution in [-0.4, -0.2) is 29.1 Å². The quantitative estimate of drug-likeness (QED) is 0.688. The Hall–Kier alpha value is -3.92. The van der Waals surface area contributed by atoms with Crippen molar-refractivity contribution in [2.45, 2.75) is 12.8 Å². The summed E-state index contributed by atoms with van der Waals surface area (Å²) >= 11 is 0. The Morgan fingerprint density at radius 2 is 1.97 bits per heavy atom. The zero-order valence-corrected chi connectivity index (χ0v) is 15.8. The van der Waals surface area contributed by atoms with Crippen LogP contribution >= 0.6 is 0 Å². The van der Waals surface area contributed by atoms with Gasteiger partial charge in [-0.15, -0.1) is 0 Å². The average Bonchev–Trinajstić information content (AvgIpc) is 2.75. The van der Waals surface area contributed by atoms with Crippen LogP contribution in [0.25, 0.3) is 11.3 Å². The molecule has 0 atom stereocenters. The van der Waals surface area contributed by atoms with Crippen LogP contribution in [0.3, 0.4) is 0 Å². The van der Waals surface area contributed by atoms with Crippen LogP contribution in [0, 0.1) is 11.3 Å². The number of amides is 2. The van der Waals surface area contributed by atoms with Gasteiger partial charge in [0.15, 0.2) is 5.82 Å². The number of anilines is 3. The molecular formula is C22H20N6O. The maximum atomic E-state index is 13.0. The second kappa shape index (κ2) is 8.40. The first-order valence-corrected chi connectivity index (χ1v) is 9.50. The van der Waals surface area contributed by atoms with Gasteiger partial charge in [-0.2, -0.15) is 5.26 Å². The van der Waals surface area contributed by atoms with Crippen LogP contribution in [0.15, 0.2) is 60.8 Å². The second-order valence-corrected chi connectivity index (χ2v) is 6.66. The van der Waals surface area contributed by atoms with Gasteiger partial charge in [0.25, 0.3) is 0 Å². The third kappa shape index (κ3) is 4.01. The molecule has 0 fully saturated rings. The average molecular weight is 384 g/mol. The molecule has 0 aliphatic carbocycles. The number of aromatic nitrogens is 2. The van der Waals surface area contributed by atoms with Crippen molar-refractivity contribution in [3.05, 3.63) is 66.4 Å². The van der Waals surface area contributed by atoms with Crippen molar-refractivity contribution in [2.24, 2.45) is 0 Å². The highest BCUT2D eigenvalue weighted by Crippen LogP contribution is 2.31. The van der Waals surface area contributed by atoms with Crippen molar-refractivity contribution in [2.75, 3.05) is 28.6 Å². The van der Waals surface area contributed by atoms with E-state index in [9.17, 15) is 10.1 Å². The van der Waals surface area contributed by atoms with Gasteiger partial charge in [-0.25, -0.2) is 14.8 Å². The van der Waals surface area contributed by atoms with E-state index in [0.29, 0.717) is 29.4 Å². The molecule has 0 saturated heterocycles. The van der Waals surface area contributed by atoms with Crippen LogP contribution in [0.1, 0.15) is 18.4 Å². The van der Waals surface area contributed by atoms with E-state index >= 15 is 0 Å². The maximum Gasteiger partial charge on any atom is 0.328 e. The number of nitriles is 1. The predicted octanol–water partition coefficient (Wildman–Crippen LogP) is 4.26. The highest BCUT2D eigenvalue weighted by molar-refractivity contribution is 6.02. The van der Waals surface area contributed by atoms with Gasteiger partial charge in [0.2, 0.25) is 0 Å². The molecule has 2 N–H and O–H groups in total. The van der Waals surface area contributed by atoms with Gasteiger partial charge < -0.3 is 5.32 Å². The van der Waals surface area contributed by atoms with Crippen molar-refractivity contribution in [3.63, 3.8) is 0 Å². The molecule has 3 aromatic rings. The molecule has 0 radical (unpaired) electrons. The van der Waals surface area contributed by atoms with Crippen LogP contribution < -0.4 is 15.5 Å². The lowest BCUT2D eigenvalue weighted by Gasteiger charge is -2.27. The molecule has 1 aromatic carbocycles. The number of carbonyl (C=O) groups is 1. The van der Waals surface area contributed by atoms with Crippen LogP contribution in [0.2, 0.25) is 0 Å².